The molecule has 8 nitrogen and oxygen atoms in total. The van der Waals surface area contributed by atoms with E-state index in [2.05, 4.69) is 4.98 Å². The number of nitrogens with one attached hydrogen (secondary N) is 1. The number of rotatable bonds is 9. The highest BCUT2D eigenvalue weighted by Crippen LogP contribution is 2.17. The summed E-state index contributed by atoms with van der Waals surface area (Å²) in [7, 11) is 1.55. The minimum Gasteiger partial charge on any atom is -0.457 e. The van der Waals surface area contributed by atoms with Crippen LogP contribution in [0, 0.1) is 5.92 Å². The van der Waals surface area contributed by atoms with E-state index in [1.165, 1.54) is 16.8 Å². The first-order valence-corrected chi connectivity index (χ1v) is 8.60. The monoisotopic (exact) mass is 376 g/mol. The van der Waals surface area contributed by atoms with Gasteiger partial charge in [0, 0.05) is 19.4 Å². The van der Waals surface area contributed by atoms with Crippen LogP contribution in [0.5, 0.6) is 0 Å². The van der Waals surface area contributed by atoms with Crippen LogP contribution in [0.2, 0.25) is 0 Å². The van der Waals surface area contributed by atoms with Gasteiger partial charge < -0.3 is 14.2 Å². The molecule has 1 heterocycles. The molecule has 1 aromatic heterocycles. The molecular formula is C19H24N2O6. The Kier molecular flexibility index (Phi) is 7.51. The van der Waals surface area contributed by atoms with E-state index < -0.39 is 23.4 Å². The van der Waals surface area contributed by atoms with Crippen LogP contribution in [-0.2, 0) is 14.2 Å². The lowest BCUT2D eigenvalue weighted by Gasteiger charge is -2.27. The second-order valence-electron chi connectivity index (χ2n) is 6.31. The fourth-order valence-electron chi connectivity index (χ4n) is 2.40. The van der Waals surface area contributed by atoms with Crippen molar-refractivity contribution in [2.24, 2.45) is 5.92 Å². The van der Waals surface area contributed by atoms with Gasteiger partial charge in [-0.05, 0) is 18.1 Å². The number of aromatic amines is 1. The van der Waals surface area contributed by atoms with Gasteiger partial charge in [0.25, 0.3) is 5.56 Å². The van der Waals surface area contributed by atoms with E-state index in [1.807, 2.05) is 13.8 Å². The number of aromatic nitrogens is 2. The molecule has 0 spiro atoms. The molecule has 0 aliphatic carbocycles. The van der Waals surface area contributed by atoms with Crippen molar-refractivity contribution in [1.82, 2.24) is 9.55 Å². The second-order valence-corrected chi connectivity index (χ2v) is 6.31. The molecule has 2 aromatic rings. The average molecular weight is 376 g/mol. The lowest BCUT2D eigenvalue weighted by Crippen LogP contribution is -2.38. The zero-order chi connectivity index (χ0) is 19.8. The second kappa shape index (κ2) is 9.84. The first-order valence-electron chi connectivity index (χ1n) is 8.60. The number of ether oxygens (including phenoxy) is 3. The normalized spacial score (nSPS) is 13.3. The Hall–Kier alpha value is -2.71. The minimum absolute atomic E-state index is 0.0933. The summed E-state index contributed by atoms with van der Waals surface area (Å²) in [6, 6.07) is 9.71. The SMILES string of the molecule is COCC(OC(COC(=O)c1ccccc1)n1ccc(=O)[nH]c1=O)C(C)C. The van der Waals surface area contributed by atoms with Crippen LogP contribution in [0.15, 0.2) is 52.2 Å². The third kappa shape index (κ3) is 5.90. The van der Waals surface area contributed by atoms with Gasteiger partial charge in [0.1, 0.15) is 6.61 Å². The van der Waals surface area contributed by atoms with Crippen molar-refractivity contribution in [3.8, 4) is 0 Å². The molecule has 0 fully saturated rings. The number of hydrogen-bond acceptors (Lipinski definition) is 6. The van der Waals surface area contributed by atoms with Gasteiger partial charge in [0.2, 0.25) is 0 Å². The predicted octanol–water partition coefficient (Wildman–Crippen LogP) is 1.58. The molecule has 1 N–H and O–H groups in total. The Morgan fingerprint density at radius 2 is 1.81 bits per heavy atom. The zero-order valence-electron chi connectivity index (χ0n) is 15.6. The molecule has 0 amide bonds. The molecule has 8 heteroatoms. The Bertz CT molecular complexity index is 843. The molecule has 27 heavy (non-hydrogen) atoms. The summed E-state index contributed by atoms with van der Waals surface area (Å²) in [5, 5.41) is 0. The molecule has 2 atom stereocenters. The molecule has 146 valence electrons. The third-order valence-corrected chi connectivity index (χ3v) is 3.93. The van der Waals surface area contributed by atoms with Crippen LogP contribution in [-0.4, -0.2) is 41.9 Å². The molecule has 2 unspecified atom stereocenters. The number of carbonyl (C=O) groups excluding carboxylic acids is 1. The van der Waals surface area contributed by atoms with E-state index in [0.717, 1.165) is 0 Å². The molecule has 0 saturated carbocycles. The summed E-state index contributed by atoms with van der Waals surface area (Å²) in [6.07, 6.45) is 0.0608. The topological polar surface area (TPSA) is 99.6 Å². The summed E-state index contributed by atoms with van der Waals surface area (Å²) in [6.45, 7) is 4.00. The van der Waals surface area contributed by atoms with Crippen LogP contribution in [0.4, 0.5) is 0 Å². The zero-order valence-corrected chi connectivity index (χ0v) is 15.6. The van der Waals surface area contributed by atoms with Gasteiger partial charge in [0.05, 0.1) is 18.3 Å². The van der Waals surface area contributed by atoms with Crippen LogP contribution < -0.4 is 11.2 Å². The highest BCUT2D eigenvalue weighted by Gasteiger charge is 2.23. The van der Waals surface area contributed by atoms with Crippen LogP contribution in [0.25, 0.3) is 0 Å². The number of nitrogens with zero attached hydrogens (tertiary/aromatic N) is 1. The van der Waals surface area contributed by atoms with Gasteiger partial charge in [-0.3, -0.25) is 14.3 Å². The fourth-order valence-corrected chi connectivity index (χ4v) is 2.40. The van der Waals surface area contributed by atoms with Crippen molar-refractivity contribution in [2.75, 3.05) is 20.3 Å². The van der Waals surface area contributed by atoms with E-state index in [1.54, 1.807) is 37.4 Å². The standard InChI is InChI=1S/C19H24N2O6/c1-13(2)15(11-25-3)27-17(21-10-9-16(22)20-19(21)24)12-26-18(23)14-7-5-4-6-8-14/h4-10,13,15,17H,11-12H2,1-3H3,(H,20,22,24). The molecular weight excluding hydrogens is 352 g/mol. The van der Waals surface area contributed by atoms with Crippen molar-refractivity contribution in [1.29, 1.82) is 0 Å². The molecule has 0 aliphatic heterocycles. The summed E-state index contributed by atoms with van der Waals surface area (Å²) >= 11 is 0. The van der Waals surface area contributed by atoms with E-state index in [0.29, 0.717) is 12.2 Å². The van der Waals surface area contributed by atoms with Crippen molar-refractivity contribution in [2.45, 2.75) is 26.2 Å². The van der Waals surface area contributed by atoms with Crippen molar-refractivity contribution < 1.29 is 19.0 Å². The number of methoxy groups -OCH3 is 1. The lowest BCUT2D eigenvalue weighted by atomic mass is 10.1. The molecule has 0 aliphatic rings. The number of carbonyl (C=O) groups is 1. The van der Waals surface area contributed by atoms with Crippen LogP contribution in [0.1, 0.15) is 30.4 Å². The highest BCUT2D eigenvalue weighted by atomic mass is 16.6. The summed E-state index contributed by atoms with van der Waals surface area (Å²) in [4.78, 5) is 37.9. The summed E-state index contributed by atoms with van der Waals surface area (Å²) in [5.74, 6) is -0.440. The quantitative estimate of drug-likeness (QED) is 0.667. The maximum atomic E-state index is 12.2. The van der Waals surface area contributed by atoms with Crippen LogP contribution in [0.3, 0.4) is 0 Å². The number of benzene rings is 1. The highest BCUT2D eigenvalue weighted by molar-refractivity contribution is 5.89. The van der Waals surface area contributed by atoms with E-state index >= 15 is 0 Å². The van der Waals surface area contributed by atoms with Crippen molar-refractivity contribution in [3.05, 3.63) is 69.0 Å². The largest absolute Gasteiger partial charge is 0.457 e. The third-order valence-electron chi connectivity index (χ3n) is 3.93. The van der Waals surface area contributed by atoms with E-state index in [9.17, 15) is 14.4 Å². The smallest absolute Gasteiger partial charge is 0.338 e. The molecule has 0 bridgehead atoms. The number of hydrogen-bond donors (Lipinski definition) is 1. The Balaban J connectivity index is 2.22. The Morgan fingerprint density at radius 1 is 1.11 bits per heavy atom. The maximum absolute atomic E-state index is 12.2. The van der Waals surface area contributed by atoms with E-state index in [-0.39, 0.29) is 18.6 Å². The van der Waals surface area contributed by atoms with Gasteiger partial charge in [-0.25, -0.2) is 9.59 Å². The summed E-state index contributed by atoms with van der Waals surface area (Å²) in [5.41, 5.74) is -0.779. The maximum Gasteiger partial charge on any atom is 0.338 e. The minimum atomic E-state index is -0.912. The van der Waals surface area contributed by atoms with Crippen LogP contribution >= 0.6 is 0 Å². The van der Waals surface area contributed by atoms with Gasteiger partial charge in [-0.15, -0.1) is 0 Å². The van der Waals surface area contributed by atoms with Gasteiger partial charge in [-0.2, -0.15) is 0 Å². The first-order chi connectivity index (χ1) is 12.9. The van der Waals surface area contributed by atoms with E-state index in [4.69, 9.17) is 14.2 Å². The van der Waals surface area contributed by atoms with Gasteiger partial charge >= 0.3 is 11.7 Å². The first kappa shape index (κ1) is 20.6. The fraction of sp³-hybridized carbons (Fsp3) is 0.421. The predicted molar refractivity (Wildman–Crippen MR) is 98.7 cm³/mol. The Morgan fingerprint density at radius 3 is 2.41 bits per heavy atom. The molecule has 0 saturated heterocycles. The molecule has 2 rings (SSSR count). The lowest BCUT2D eigenvalue weighted by molar-refractivity contribution is -0.121. The molecule has 0 radical (unpaired) electrons. The van der Waals surface area contributed by atoms with Gasteiger partial charge in [0.15, 0.2) is 6.23 Å². The number of H-pyrrole nitrogens is 1. The average Bonchev–Trinajstić information content (AvgIpc) is 2.65. The molecule has 1 aromatic carbocycles. The number of esters is 1. The van der Waals surface area contributed by atoms with Crippen molar-refractivity contribution >= 4 is 5.97 Å². The Labute approximate surface area is 156 Å². The summed E-state index contributed by atoms with van der Waals surface area (Å²) < 4.78 is 17.7. The van der Waals surface area contributed by atoms with Crippen molar-refractivity contribution in [3.63, 3.8) is 0 Å². The van der Waals surface area contributed by atoms with Gasteiger partial charge in [-0.1, -0.05) is 32.0 Å².